The lowest BCUT2D eigenvalue weighted by molar-refractivity contribution is -0.144. The van der Waals surface area contributed by atoms with Crippen molar-refractivity contribution in [2.45, 2.75) is 26.4 Å². The van der Waals surface area contributed by atoms with Crippen molar-refractivity contribution in [1.82, 2.24) is 19.2 Å². The van der Waals surface area contributed by atoms with Gasteiger partial charge in [-0.15, -0.1) is 0 Å². The molecule has 0 saturated carbocycles. The molecule has 2 aromatic rings. The zero-order chi connectivity index (χ0) is 15.1. The van der Waals surface area contributed by atoms with Crippen LogP contribution < -0.4 is 0 Å². The average Bonchev–Trinajstić information content (AvgIpc) is 2.93. The molecule has 0 bridgehead atoms. The maximum Gasteiger partial charge on any atom is 0.334 e. The smallest absolute Gasteiger partial charge is 0.307 e. The highest BCUT2D eigenvalue weighted by Gasteiger charge is 2.45. The van der Waals surface area contributed by atoms with Gasteiger partial charge in [-0.25, -0.2) is 14.7 Å². The van der Waals surface area contributed by atoms with Crippen molar-refractivity contribution < 1.29 is 14.4 Å². The second-order valence-corrected chi connectivity index (χ2v) is 5.14. The van der Waals surface area contributed by atoms with Gasteiger partial charge in [0.25, 0.3) is 0 Å². The molecule has 0 radical (unpaired) electrons. The van der Waals surface area contributed by atoms with Gasteiger partial charge >= 0.3 is 17.8 Å². The minimum absolute atomic E-state index is 0.00565. The van der Waals surface area contributed by atoms with E-state index < -0.39 is 17.8 Å². The quantitative estimate of drug-likeness (QED) is 0.624. The lowest BCUT2D eigenvalue weighted by Gasteiger charge is -2.17. The van der Waals surface area contributed by atoms with Crippen LogP contribution in [-0.2, 0) is 16.1 Å². The van der Waals surface area contributed by atoms with E-state index in [4.69, 9.17) is 0 Å². The van der Waals surface area contributed by atoms with Gasteiger partial charge in [0.1, 0.15) is 5.65 Å². The molecule has 7 nitrogen and oxygen atoms in total. The third-order valence-electron chi connectivity index (χ3n) is 3.33. The third kappa shape index (κ3) is 2.06. The van der Waals surface area contributed by atoms with Gasteiger partial charge < -0.3 is 4.40 Å². The fourth-order valence-corrected chi connectivity index (χ4v) is 2.34. The predicted octanol–water partition coefficient (Wildman–Crippen LogP) is 1.03. The molecule has 3 heterocycles. The number of rotatable bonds is 3. The summed E-state index contributed by atoms with van der Waals surface area (Å²) in [6, 6.07) is 4.59. The normalized spacial score (nSPS) is 15.9. The van der Waals surface area contributed by atoms with Gasteiger partial charge in [-0.2, -0.15) is 0 Å². The predicted molar refractivity (Wildman–Crippen MR) is 73.1 cm³/mol. The van der Waals surface area contributed by atoms with E-state index in [1.807, 2.05) is 24.4 Å². The Morgan fingerprint density at radius 2 is 1.90 bits per heavy atom. The fourth-order valence-electron chi connectivity index (χ4n) is 2.34. The van der Waals surface area contributed by atoms with E-state index in [-0.39, 0.29) is 12.6 Å². The Hall–Kier alpha value is -2.70. The molecular formula is C14H14N4O3. The molecule has 0 aromatic carbocycles. The zero-order valence-corrected chi connectivity index (χ0v) is 11.7. The Kier molecular flexibility index (Phi) is 2.97. The maximum absolute atomic E-state index is 12.2. The minimum atomic E-state index is -0.800. The molecule has 1 aliphatic rings. The van der Waals surface area contributed by atoms with Gasteiger partial charge in [-0.1, -0.05) is 6.07 Å². The average molecular weight is 286 g/mol. The molecule has 0 unspecified atom stereocenters. The molecule has 0 aliphatic carbocycles. The first-order valence-electron chi connectivity index (χ1n) is 6.60. The van der Waals surface area contributed by atoms with Crippen LogP contribution in [0.25, 0.3) is 5.65 Å². The molecule has 7 heteroatoms. The van der Waals surface area contributed by atoms with Gasteiger partial charge in [-0.3, -0.25) is 14.5 Å². The van der Waals surface area contributed by atoms with Crippen LogP contribution in [0, 0.1) is 0 Å². The van der Waals surface area contributed by atoms with Gasteiger partial charge in [-0.05, 0) is 26.0 Å². The van der Waals surface area contributed by atoms with Crippen LogP contribution in [0.2, 0.25) is 0 Å². The van der Waals surface area contributed by atoms with Crippen molar-refractivity contribution in [3.05, 3.63) is 36.3 Å². The van der Waals surface area contributed by atoms with Crippen molar-refractivity contribution in [1.29, 1.82) is 0 Å². The molecule has 0 N–H and O–H groups in total. The molecule has 1 saturated heterocycles. The Labute approximate surface area is 120 Å². The van der Waals surface area contributed by atoms with Crippen molar-refractivity contribution >= 4 is 23.5 Å². The van der Waals surface area contributed by atoms with Crippen LogP contribution in [0.5, 0.6) is 0 Å². The standard InChI is InChI=1S/C14H14N4O3/c1-9(2)18-13(20)12(19)17(14(18)21)8-10-7-16-6-4-3-5-11(16)15-10/h3-7,9H,8H2,1-2H3. The Morgan fingerprint density at radius 3 is 2.52 bits per heavy atom. The molecule has 108 valence electrons. The molecule has 1 aliphatic heterocycles. The molecule has 0 atom stereocenters. The molecule has 21 heavy (non-hydrogen) atoms. The topological polar surface area (TPSA) is 75.0 Å². The summed E-state index contributed by atoms with van der Waals surface area (Å²) in [5.74, 6) is -1.58. The van der Waals surface area contributed by atoms with E-state index in [1.165, 1.54) is 0 Å². The Balaban J connectivity index is 1.89. The number of imidazole rings is 1. The van der Waals surface area contributed by atoms with E-state index in [9.17, 15) is 14.4 Å². The van der Waals surface area contributed by atoms with Gasteiger partial charge in [0, 0.05) is 18.4 Å². The molecule has 3 rings (SSSR count). The van der Waals surface area contributed by atoms with E-state index in [1.54, 1.807) is 24.4 Å². The highest BCUT2D eigenvalue weighted by atomic mass is 16.2. The molecular weight excluding hydrogens is 272 g/mol. The van der Waals surface area contributed by atoms with Gasteiger partial charge in [0.2, 0.25) is 0 Å². The van der Waals surface area contributed by atoms with Crippen LogP contribution in [0.1, 0.15) is 19.5 Å². The van der Waals surface area contributed by atoms with Crippen molar-refractivity contribution in [3.8, 4) is 0 Å². The number of urea groups is 1. The SMILES string of the molecule is CC(C)N1C(=O)C(=O)N(Cc2cn3ccccc3n2)C1=O. The molecule has 1 fully saturated rings. The summed E-state index contributed by atoms with van der Waals surface area (Å²) >= 11 is 0. The number of aromatic nitrogens is 2. The summed E-state index contributed by atoms with van der Waals surface area (Å²) in [5, 5.41) is 0. The van der Waals surface area contributed by atoms with Crippen molar-refractivity contribution in [3.63, 3.8) is 0 Å². The summed E-state index contributed by atoms with van der Waals surface area (Å²) < 4.78 is 1.79. The number of hydrogen-bond donors (Lipinski definition) is 0. The van der Waals surface area contributed by atoms with E-state index >= 15 is 0 Å². The largest absolute Gasteiger partial charge is 0.334 e. The second kappa shape index (κ2) is 4.69. The minimum Gasteiger partial charge on any atom is -0.307 e. The molecule has 2 aromatic heterocycles. The Bertz CT molecular complexity index is 717. The molecule has 0 spiro atoms. The van der Waals surface area contributed by atoms with Crippen LogP contribution in [-0.4, -0.2) is 43.1 Å². The number of hydrogen-bond acceptors (Lipinski definition) is 4. The summed E-state index contributed by atoms with van der Waals surface area (Å²) in [6.45, 7) is 3.38. The number of carbonyl (C=O) groups excluding carboxylic acids is 3. The van der Waals surface area contributed by atoms with Crippen molar-refractivity contribution in [2.24, 2.45) is 0 Å². The van der Waals surface area contributed by atoms with Crippen LogP contribution in [0.15, 0.2) is 30.6 Å². The zero-order valence-electron chi connectivity index (χ0n) is 11.7. The van der Waals surface area contributed by atoms with E-state index in [0.29, 0.717) is 5.69 Å². The Morgan fingerprint density at radius 1 is 1.14 bits per heavy atom. The fraction of sp³-hybridized carbons (Fsp3) is 0.286. The maximum atomic E-state index is 12.2. The monoisotopic (exact) mass is 286 g/mol. The lowest BCUT2D eigenvalue weighted by Crippen LogP contribution is -2.37. The highest BCUT2D eigenvalue weighted by molar-refractivity contribution is 6.44. The number of imide groups is 2. The first kappa shape index (κ1) is 13.3. The second-order valence-electron chi connectivity index (χ2n) is 5.14. The number of fused-ring (bicyclic) bond motifs is 1. The summed E-state index contributed by atoms with van der Waals surface area (Å²) in [4.78, 5) is 42.1. The number of nitrogens with zero attached hydrogens (tertiary/aromatic N) is 4. The van der Waals surface area contributed by atoms with Crippen LogP contribution >= 0.6 is 0 Å². The summed E-state index contributed by atoms with van der Waals surface area (Å²) in [7, 11) is 0. The number of carbonyl (C=O) groups is 3. The van der Waals surface area contributed by atoms with Crippen LogP contribution in [0.4, 0.5) is 4.79 Å². The lowest BCUT2D eigenvalue weighted by atomic mass is 10.3. The number of pyridine rings is 1. The summed E-state index contributed by atoms with van der Waals surface area (Å²) in [6.07, 6.45) is 3.56. The summed E-state index contributed by atoms with van der Waals surface area (Å²) in [5.41, 5.74) is 1.28. The number of amides is 4. The molecule has 4 amide bonds. The van der Waals surface area contributed by atoms with Gasteiger partial charge in [0.05, 0.1) is 12.2 Å². The van der Waals surface area contributed by atoms with E-state index in [2.05, 4.69) is 4.98 Å². The first-order chi connectivity index (χ1) is 9.99. The van der Waals surface area contributed by atoms with Gasteiger partial charge in [0.15, 0.2) is 0 Å². The first-order valence-corrected chi connectivity index (χ1v) is 6.60. The van der Waals surface area contributed by atoms with Crippen LogP contribution in [0.3, 0.4) is 0 Å². The van der Waals surface area contributed by atoms with Crippen molar-refractivity contribution in [2.75, 3.05) is 0 Å². The third-order valence-corrected chi connectivity index (χ3v) is 3.33. The van der Waals surface area contributed by atoms with E-state index in [0.717, 1.165) is 15.4 Å². The highest BCUT2D eigenvalue weighted by Crippen LogP contribution is 2.18.